The summed E-state index contributed by atoms with van der Waals surface area (Å²) in [5.41, 5.74) is -0.175. The number of rotatable bonds is 3. The molecule has 3 nitrogen and oxygen atoms in total. The molecule has 0 amide bonds. The highest BCUT2D eigenvalue weighted by Gasteiger charge is 2.26. The molecule has 3 rings (SSSR count). The molecule has 1 aromatic carbocycles. The fourth-order valence-electron chi connectivity index (χ4n) is 1.83. The molecule has 1 fully saturated rings. The maximum atomic E-state index is 13.7. The number of hydrogen-bond donors (Lipinski definition) is 1. The topological polar surface area (TPSA) is 29.9 Å². The van der Waals surface area contributed by atoms with Crippen molar-refractivity contribution >= 4 is 27.6 Å². The summed E-state index contributed by atoms with van der Waals surface area (Å²) in [6.07, 6.45) is 5.59. The minimum absolute atomic E-state index is 0.175. The average Bonchev–Trinajstić information content (AvgIpc) is 3.04. The molecule has 1 aliphatic rings. The van der Waals surface area contributed by atoms with Crippen LogP contribution in [0.5, 0.6) is 0 Å². The Hall–Kier alpha value is -1.43. The van der Waals surface area contributed by atoms with E-state index < -0.39 is 11.6 Å². The summed E-state index contributed by atoms with van der Waals surface area (Å²) in [7, 11) is 0. The van der Waals surface area contributed by atoms with Crippen LogP contribution in [-0.4, -0.2) is 9.55 Å². The van der Waals surface area contributed by atoms with Crippen LogP contribution in [0, 0.1) is 11.6 Å². The van der Waals surface area contributed by atoms with E-state index in [4.69, 9.17) is 0 Å². The monoisotopic (exact) mass is 313 g/mol. The van der Waals surface area contributed by atoms with Gasteiger partial charge >= 0.3 is 0 Å². The SMILES string of the molecule is Fc1cc(Br)cc(F)c1Nc1nccn1C1CC1. The molecule has 0 aliphatic heterocycles. The molecule has 1 N–H and O–H groups in total. The van der Waals surface area contributed by atoms with E-state index in [2.05, 4.69) is 26.2 Å². The summed E-state index contributed by atoms with van der Waals surface area (Å²) in [5.74, 6) is -0.822. The Morgan fingerprint density at radius 3 is 2.56 bits per heavy atom. The van der Waals surface area contributed by atoms with E-state index in [0.717, 1.165) is 12.8 Å². The van der Waals surface area contributed by atoms with Gasteiger partial charge in [-0.3, -0.25) is 0 Å². The molecule has 0 spiro atoms. The Labute approximate surface area is 111 Å². The zero-order chi connectivity index (χ0) is 12.7. The average molecular weight is 314 g/mol. The lowest BCUT2D eigenvalue weighted by Gasteiger charge is -2.10. The normalized spacial score (nSPS) is 14.8. The van der Waals surface area contributed by atoms with Gasteiger partial charge in [-0.05, 0) is 25.0 Å². The van der Waals surface area contributed by atoms with Crippen LogP contribution < -0.4 is 5.32 Å². The van der Waals surface area contributed by atoms with Crippen molar-refractivity contribution in [1.29, 1.82) is 0 Å². The molecule has 1 aromatic heterocycles. The molecular formula is C12H10BrF2N3. The van der Waals surface area contributed by atoms with E-state index >= 15 is 0 Å². The molecule has 0 unspecified atom stereocenters. The van der Waals surface area contributed by atoms with Crippen LogP contribution in [0.25, 0.3) is 0 Å². The third kappa shape index (κ3) is 2.12. The Bertz CT molecular complexity index is 570. The second-order valence-corrected chi connectivity index (χ2v) is 5.17. The van der Waals surface area contributed by atoms with E-state index in [1.165, 1.54) is 12.1 Å². The van der Waals surface area contributed by atoms with E-state index in [0.29, 0.717) is 16.5 Å². The van der Waals surface area contributed by atoms with Crippen molar-refractivity contribution in [3.8, 4) is 0 Å². The van der Waals surface area contributed by atoms with Crippen molar-refractivity contribution in [2.24, 2.45) is 0 Å². The first-order chi connectivity index (χ1) is 8.65. The number of nitrogens with zero attached hydrogens (tertiary/aromatic N) is 2. The van der Waals surface area contributed by atoms with Crippen LogP contribution in [0.3, 0.4) is 0 Å². The largest absolute Gasteiger partial charge is 0.321 e. The molecule has 94 valence electrons. The number of benzene rings is 1. The van der Waals surface area contributed by atoms with Gasteiger partial charge in [0.25, 0.3) is 0 Å². The summed E-state index contributed by atoms with van der Waals surface area (Å²) in [5, 5.41) is 2.72. The van der Waals surface area contributed by atoms with Crippen LogP contribution in [0.4, 0.5) is 20.4 Å². The van der Waals surface area contributed by atoms with Crippen molar-refractivity contribution in [2.45, 2.75) is 18.9 Å². The lowest BCUT2D eigenvalue weighted by Crippen LogP contribution is -2.04. The third-order valence-electron chi connectivity index (χ3n) is 2.85. The lowest BCUT2D eigenvalue weighted by atomic mass is 10.3. The molecule has 0 atom stereocenters. The number of hydrogen-bond acceptors (Lipinski definition) is 2. The number of aromatic nitrogens is 2. The van der Waals surface area contributed by atoms with E-state index in [-0.39, 0.29) is 5.69 Å². The van der Waals surface area contributed by atoms with Gasteiger partial charge in [0.1, 0.15) is 5.69 Å². The highest BCUT2D eigenvalue weighted by Crippen LogP contribution is 2.37. The molecular weight excluding hydrogens is 304 g/mol. The Morgan fingerprint density at radius 1 is 1.28 bits per heavy atom. The van der Waals surface area contributed by atoms with Crippen molar-refractivity contribution in [3.05, 3.63) is 40.6 Å². The molecule has 0 bridgehead atoms. The van der Waals surface area contributed by atoms with Gasteiger partial charge < -0.3 is 9.88 Å². The molecule has 6 heteroatoms. The number of halogens is 3. The maximum absolute atomic E-state index is 13.7. The highest BCUT2D eigenvalue weighted by molar-refractivity contribution is 9.10. The number of nitrogens with one attached hydrogen (secondary N) is 1. The molecule has 0 radical (unpaired) electrons. The summed E-state index contributed by atoms with van der Waals surface area (Å²) in [6, 6.07) is 2.84. The van der Waals surface area contributed by atoms with Gasteiger partial charge in [0.05, 0.1) is 0 Å². The molecule has 1 aliphatic carbocycles. The predicted octanol–water partition coefficient (Wildman–Crippen LogP) is 4.00. The first-order valence-corrected chi connectivity index (χ1v) is 6.39. The van der Waals surface area contributed by atoms with Gasteiger partial charge in [-0.1, -0.05) is 15.9 Å². The van der Waals surface area contributed by atoms with Crippen LogP contribution in [0.1, 0.15) is 18.9 Å². The fraction of sp³-hybridized carbons (Fsp3) is 0.250. The van der Waals surface area contributed by atoms with Crippen molar-refractivity contribution < 1.29 is 8.78 Å². The second kappa shape index (κ2) is 4.35. The summed E-state index contributed by atoms with van der Waals surface area (Å²) in [6.45, 7) is 0. The van der Waals surface area contributed by atoms with Gasteiger partial charge in [-0.15, -0.1) is 0 Å². The third-order valence-corrected chi connectivity index (χ3v) is 3.31. The van der Waals surface area contributed by atoms with Crippen LogP contribution in [0.2, 0.25) is 0 Å². The Balaban J connectivity index is 1.94. The highest BCUT2D eigenvalue weighted by atomic mass is 79.9. The molecule has 1 saturated carbocycles. The minimum atomic E-state index is -0.646. The Kier molecular flexibility index (Phi) is 2.81. The molecule has 2 aromatic rings. The first-order valence-electron chi connectivity index (χ1n) is 5.59. The lowest BCUT2D eigenvalue weighted by molar-refractivity contribution is 0.588. The van der Waals surface area contributed by atoms with Crippen LogP contribution in [-0.2, 0) is 0 Å². The summed E-state index contributed by atoms with van der Waals surface area (Å²) < 4.78 is 29.6. The van der Waals surface area contributed by atoms with E-state index in [1.807, 2.05) is 10.8 Å². The maximum Gasteiger partial charge on any atom is 0.207 e. The van der Waals surface area contributed by atoms with Gasteiger partial charge in [0.2, 0.25) is 5.95 Å². The Morgan fingerprint density at radius 2 is 1.94 bits per heavy atom. The van der Waals surface area contributed by atoms with E-state index in [9.17, 15) is 8.78 Å². The zero-order valence-electron chi connectivity index (χ0n) is 9.33. The van der Waals surface area contributed by atoms with Gasteiger partial charge in [0, 0.05) is 22.9 Å². The quantitative estimate of drug-likeness (QED) is 0.928. The minimum Gasteiger partial charge on any atom is -0.321 e. The number of imidazole rings is 1. The van der Waals surface area contributed by atoms with Crippen LogP contribution >= 0.6 is 15.9 Å². The predicted molar refractivity (Wildman–Crippen MR) is 67.8 cm³/mol. The second-order valence-electron chi connectivity index (χ2n) is 4.26. The van der Waals surface area contributed by atoms with Gasteiger partial charge in [-0.25, -0.2) is 13.8 Å². The van der Waals surface area contributed by atoms with Gasteiger partial charge in [-0.2, -0.15) is 0 Å². The van der Waals surface area contributed by atoms with Crippen molar-refractivity contribution in [1.82, 2.24) is 9.55 Å². The molecule has 18 heavy (non-hydrogen) atoms. The standard InChI is InChI=1S/C12H10BrF2N3/c13-7-5-9(14)11(10(15)6-7)17-12-16-3-4-18(12)8-1-2-8/h3-6,8H,1-2H2,(H,16,17). The smallest absolute Gasteiger partial charge is 0.207 e. The van der Waals surface area contributed by atoms with Crippen LogP contribution in [0.15, 0.2) is 29.0 Å². The molecule has 0 saturated heterocycles. The molecule has 1 heterocycles. The summed E-state index contributed by atoms with van der Waals surface area (Å²) in [4.78, 5) is 4.08. The first kappa shape index (κ1) is 11.6. The fourth-order valence-corrected chi connectivity index (χ4v) is 2.23. The van der Waals surface area contributed by atoms with Gasteiger partial charge in [0.15, 0.2) is 11.6 Å². The zero-order valence-corrected chi connectivity index (χ0v) is 10.9. The number of anilines is 2. The summed E-state index contributed by atoms with van der Waals surface area (Å²) >= 11 is 3.04. The van der Waals surface area contributed by atoms with Crippen molar-refractivity contribution in [2.75, 3.05) is 5.32 Å². The van der Waals surface area contributed by atoms with E-state index in [1.54, 1.807) is 6.20 Å². The van der Waals surface area contributed by atoms with Crippen molar-refractivity contribution in [3.63, 3.8) is 0 Å².